The number of anilines is 2. The van der Waals surface area contributed by atoms with Gasteiger partial charge in [0, 0.05) is 11.8 Å². The van der Waals surface area contributed by atoms with Crippen LogP contribution in [0.15, 0.2) is 42.5 Å². The summed E-state index contributed by atoms with van der Waals surface area (Å²) in [6.07, 6.45) is 1.01. The van der Waals surface area contributed by atoms with Crippen molar-refractivity contribution in [3.63, 3.8) is 0 Å². The minimum Gasteiger partial charge on any atom is -0.494 e. The first kappa shape index (κ1) is 16.8. The standard InChI is InChI=1S/C15H15FN2O4S/c1-22-14-9-10(7-8-13(14)18-23(2,20)21)17-15(19)11-5-3-4-6-12(11)16/h3-9,18H,1-2H3,(H,17,19). The van der Waals surface area contributed by atoms with Crippen LogP contribution in [0.25, 0.3) is 0 Å². The Morgan fingerprint density at radius 1 is 1.17 bits per heavy atom. The summed E-state index contributed by atoms with van der Waals surface area (Å²) in [4.78, 5) is 12.0. The number of sulfonamides is 1. The zero-order valence-electron chi connectivity index (χ0n) is 12.5. The molecule has 6 nitrogen and oxygen atoms in total. The summed E-state index contributed by atoms with van der Waals surface area (Å²) >= 11 is 0. The fourth-order valence-electron chi connectivity index (χ4n) is 1.90. The van der Waals surface area contributed by atoms with Crippen LogP contribution in [0.5, 0.6) is 5.75 Å². The molecule has 8 heteroatoms. The van der Waals surface area contributed by atoms with Crippen LogP contribution >= 0.6 is 0 Å². The number of hydrogen-bond donors (Lipinski definition) is 2. The topological polar surface area (TPSA) is 84.5 Å². The number of ether oxygens (including phenoxy) is 1. The Morgan fingerprint density at radius 2 is 1.87 bits per heavy atom. The molecule has 2 aromatic carbocycles. The van der Waals surface area contributed by atoms with Crippen LogP contribution in [0.4, 0.5) is 15.8 Å². The van der Waals surface area contributed by atoms with Crippen molar-refractivity contribution in [1.29, 1.82) is 0 Å². The number of halogens is 1. The number of methoxy groups -OCH3 is 1. The monoisotopic (exact) mass is 338 g/mol. The molecule has 0 fully saturated rings. The van der Waals surface area contributed by atoms with E-state index in [-0.39, 0.29) is 17.0 Å². The third kappa shape index (κ3) is 4.43. The van der Waals surface area contributed by atoms with Crippen LogP contribution in [0.2, 0.25) is 0 Å². The number of benzene rings is 2. The maximum absolute atomic E-state index is 13.6. The molecule has 0 bridgehead atoms. The summed E-state index contributed by atoms with van der Waals surface area (Å²) in [6.45, 7) is 0. The third-order valence-electron chi connectivity index (χ3n) is 2.87. The van der Waals surface area contributed by atoms with E-state index >= 15 is 0 Å². The molecule has 0 atom stereocenters. The van der Waals surface area contributed by atoms with Crippen LogP contribution in [0.3, 0.4) is 0 Å². The summed E-state index contributed by atoms with van der Waals surface area (Å²) in [7, 11) is -2.09. The van der Waals surface area contributed by atoms with E-state index in [1.165, 1.54) is 43.5 Å². The van der Waals surface area contributed by atoms with Crippen molar-refractivity contribution in [1.82, 2.24) is 0 Å². The van der Waals surface area contributed by atoms with E-state index in [9.17, 15) is 17.6 Å². The first-order valence-corrected chi connectivity index (χ1v) is 8.41. The van der Waals surface area contributed by atoms with Crippen LogP contribution in [0.1, 0.15) is 10.4 Å². The first-order chi connectivity index (χ1) is 10.8. The average Bonchev–Trinajstić information content (AvgIpc) is 2.47. The van der Waals surface area contributed by atoms with E-state index in [1.54, 1.807) is 6.07 Å². The van der Waals surface area contributed by atoms with Gasteiger partial charge in [0.15, 0.2) is 0 Å². The van der Waals surface area contributed by atoms with Gasteiger partial charge in [-0.05, 0) is 24.3 Å². The fraction of sp³-hybridized carbons (Fsp3) is 0.133. The van der Waals surface area contributed by atoms with Gasteiger partial charge in [-0.25, -0.2) is 12.8 Å². The van der Waals surface area contributed by atoms with Crippen molar-refractivity contribution in [3.05, 3.63) is 53.8 Å². The Hall–Kier alpha value is -2.61. The molecule has 0 saturated carbocycles. The molecule has 2 rings (SSSR count). The van der Waals surface area contributed by atoms with E-state index in [0.717, 1.165) is 6.26 Å². The Kier molecular flexibility index (Phi) is 4.85. The van der Waals surface area contributed by atoms with E-state index in [1.807, 2.05) is 0 Å². The zero-order valence-corrected chi connectivity index (χ0v) is 13.3. The van der Waals surface area contributed by atoms with Crippen molar-refractivity contribution >= 4 is 27.3 Å². The largest absolute Gasteiger partial charge is 0.494 e. The molecule has 0 aromatic heterocycles. The minimum atomic E-state index is -3.46. The SMILES string of the molecule is COc1cc(NC(=O)c2ccccc2F)ccc1NS(C)(=O)=O. The molecule has 23 heavy (non-hydrogen) atoms. The number of hydrogen-bond acceptors (Lipinski definition) is 4. The van der Waals surface area contributed by atoms with Gasteiger partial charge in [0.05, 0.1) is 24.6 Å². The molecule has 0 saturated heterocycles. The lowest BCUT2D eigenvalue weighted by Gasteiger charge is -2.12. The highest BCUT2D eigenvalue weighted by Gasteiger charge is 2.13. The molecule has 1 amide bonds. The maximum atomic E-state index is 13.6. The Bertz CT molecular complexity index is 837. The summed E-state index contributed by atoms with van der Waals surface area (Å²) < 4.78 is 43.5. The highest BCUT2D eigenvalue weighted by atomic mass is 32.2. The van der Waals surface area contributed by atoms with Gasteiger partial charge in [-0.15, -0.1) is 0 Å². The number of amides is 1. The average molecular weight is 338 g/mol. The van der Waals surface area contributed by atoms with Gasteiger partial charge < -0.3 is 10.1 Å². The zero-order chi connectivity index (χ0) is 17.0. The third-order valence-corrected chi connectivity index (χ3v) is 3.46. The van der Waals surface area contributed by atoms with Gasteiger partial charge in [-0.3, -0.25) is 9.52 Å². The van der Waals surface area contributed by atoms with Gasteiger partial charge in [0.2, 0.25) is 10.0 Å². The van der Waals surface area contributed by atoms with Gasteiger partial charge in [-0.2, -0.15) is 0 Å². The van der Waals surface area contributed by atoms with Crippen molar-refractivity contribution in [2.75, 3.05) is 23.4 Å². The fourth-order valence-corrected chi connectivity index (χ4v) is 2.46. The van der Waals surface area contributed by atoms with Crippen molar-refractivity contribution < 1.29 is 22.3 Å². The van der Waals surface area contributed by atoms with Crippen LogP contribution in [0, 0.1) is 5.82 Å². The first-order valence-electron chi connectivity index (χ1n) is 6.52. The van der Waals surface area contributed by atoms with Gasteiger partial charge in [0.25, 0.3) is 5.91 Å². The van der Waals surface area contributed by atoms with Gasteiger partial charge in [-0.1, -0.05) is 12.1 Å². The van der Waals surface area contributed by atoms with Crippen molar-refractivity contribution in [2.45, 2.75) is 0 Å². The van der Waals surface area contributed by atoms with E-state index < -0.39 is 21.7 Å². The summed E-state index contributed by atoms with van der Waals surface area (Å²) in [5.41, 5.74) is 0.484. The second-order valence-electron chi connectivity index (χ2n) is 4.72. The smallest absolute Gasteiger partial charge is 0.258 e. The predicted molar refractivity (Wildman–Crippen MR) is 85.8 cm³/mol. The molecule has 122 valence electrons. The van der Waals surface area contributed by atoms with Crippen LogP contribution in [-0.2, 0) is 10.0 Å². The van der Waals surface area contributed by atoms with Gasteiger partial charge >= 0.3 is 0 Å². The second kappa shape index (κ2) is 6.66. The molecule has 2 aromatic rings. The number of rotatable bonds is 5. The lowest BCUT2D eigenvalue weighted by atomic mass is 10.2. The summed E-state index contributed by atoms with van der Waals surface area (Å²) in [5, 5.41) is 2.53. The number of carbonyl (C=O) groups excluding carboxylic acids is 1. The van der Waals surface area contributed by atoms with Crippen LogP contribution in [-0.4, -0.2) is 27.7 Å². The molecule has 0 aliphatic heterocycles. The molecule has 0 aliphatic rings. The molecule has 0 aliphatic carbocycles. The highest BCUT2D eigenvalue weighted by molar-refractivity contribution is 7.92. The normalized spacial score (nSPS) is 10.9. The minimum absolute atomic E-state index is 0.0928. The highest BCUT2D eigenvalue weighted by Crippen LogP contribution is 2.29. The Morgan fingerprint density at radius 3 is 2.48 bits per heavy atom. The van der Waals surface area contributed by atoms with E-state index in [2.05, 4.69) is 10.0 Å². The van der Waals surface area contributed by atoms with Crippen molar-refractivity contribution in [3.8, 4) is 5.75 Å². The van der Waals surface area contributed by atoms with Crippen molar-refractivity contribution in [2.24, 2.45) is 0 Å². The Balaban J connectivity index is 2.24. The quantitative estimate of drug-likeness (QED) is 0.877. The molecular weight excluding hydrogens is 323 g/mol. The summed E-state index contributed by atoms with van der Waals surface area (Å²) in [6, 6.07) is 9.95. The molecule has 0 radical (unpaired) electrons. The molecule has 0 spiro atoms. The lowest BCUT2D eigenvalue weighted by molar-refractivity contribution is 0.102. The van der Waals surface area contributed by atoms with Gasteiger partial charge in [0.1, 0.15) is 11.6 Å². The molecular formula is C15H15FN2O4S. The molecule has 0 heterocycles. The lowest BCUT2D eigenvalue weighted by Crippen LogP contribution is -2.14. The maximum Gasteiger partial charge on any atom is 0.258 e. The molecule has 2 N–H and O–H groups in total. The predicted octanol–water partition coefficient (Wildman–Crippen LogP) is 2.46. The van der Waals surface area contributed by atoms with Crippen LogP contribution < -0.4 is 14.8 Å². The number of nitrogens with one attached hydrogen (secondary N) is 2. The van der Waals surface area contributed by atoms with E-state index in [4.69, 9.17) is 4.74 Å². The second-order valence-corrected chi connectivity index (χ2v) is 6.47. The molecule has 0 unspecified atom stereocenters. The summed E-state index contributed by atoms with van der Waals surface area (Å²) in [5.74, 6) is -1.02. The van der Waals surface area contributed by atoms with E-state index in [0.29, 0.717) is 5.69 Å². The number of carbonyl (C=O) groups is 1. The Labute approximate surface area is 133 Å².